The topological polar surface area (TPSA) is 75.1 Å². The number of halogens is 1. The van der Waals surface area contributed by atoms with E-state index in [-0.39, 0.29) is 5.69 Å². The number of fused-ring (bicyclic) bond motifs is 1. The van der Waals surface area contributed by atoms with Crippen LogP contribution < -0.4 is 11.0 Å². The smallest absolute Gasteiger partial charge is 0.349 e. The van der Waals surface area contributed by atoms with E-state index >= 15 is 0 Å². The maximum Gasteiger partial charge on any atom is 0.349 e. The third-order valence-corrected chi connectivity index (χ3v) is 3.21. The molecule has 0 radical (unpaired) electrons. The van der Waals surface area contributed by atoms with Gasteiger partial charge in [-0.3, -0.25) is 0 Å². The number of aryl methyl sites for hydroxylation is 1. The molecule has 2 aromatic heterocycles. The molecular weight excluding hydrogens is 278 g/mol. The highest BCUT2D eigenvalue weighted by Gasteiger charge is 2.06. The lowest BCUT2D eigenvalue weighted by Gasteiger charge is -2.07. The van der Waals surface area contributed by atoms with Crippen LogP contribution in [0.5, 0.6) is 0 Å². The molecule has 0 aliphatic rings. The van der Waals surface area contributed by atoms with Crippen molar-refractivity contribution in [2.75, 3.05) is 5.32 Å². The van der Waals surface area contributed by atoms with Crippen molar-refractivity contribution in [2.24, 2.45) is 0 Å². The van der Waals surface area contributed by atoms with E-state index in [9.17, 15) is 4.79 Å². The van der Waals surface area contributed by atoms with Crippen molar-refractivity contribution >= 4 is 23.1 Å². The molecule has 2 N–H and O–H groups in total. The van der Waals surface area contributed by atoms with Crippen LogP contribution in [0.15, 0.2) is 35.1 Å². The van der Waals surface area contributed by atoms with Gasteiger partial charge in [-0.05, 0) is 24.6 Å². The predicted octanol–water partition coefficient (Wildman–Crippen LogP) is 1.99. The van der Waals surface area contributed by atoms with Gasteiger partial charge in [0.25, 0.3) is 0 Å². The van der Waals surface area contributed by atoms with Crippen LogP contribution in [0.1, 0.15) is 11.4 Å². The first-order chi connectivity index (χ1) is 9.63. The number of nitrogens with one attached hydrogen (secondary N) is 2. The first-order valence-corrected chi connectivity index (χ1v) is 6.44. The molecule has 0 fully saturated rings. The van der Waals surface area contributed by atoms with Crippen molar-refractivity contribution in [2.45, 2.75) is 13.5 Å². The van der Waals surface area contributed by atoms with Gasteiger partial charge in [0.15, 0.2) is 5.65 Å². The second-order valence-corrected chi connectivity index (χ2v) is 4.83. The van der Waals surface area contributed by atoms with Gasteiger partial charge in [-0.25, -0.2) is 19.3 Å². The zero-order valence-electron chi connectivity index (χ0n) is 10.7. The maximum atomic E-state index is 11.5. The lowest BCUT2D eigenvalue weighted by molar-refractivity contribution is 0.931. The fraction of sp³-hybridized carbons (Fsp3) is 0.154. The van der Waals surface area contributed by atoms with Crippen molar-refractivity contribution in [1.29, 1.82) is 0 Å². The van der Waals surface area contributed by atoms with Crippen molar-refractivity contribution < 1.29 is 0 Å². The summed E-state index contributed by atoms with van der Waals surface area (Å²) >= 11 is 5.84. The van der Waals surface area contributed by atoms with Crippen LogP contribution in [-0.2, 0) is 6.54 Å². The summed E-state index contributed by atoms with van der Waals surface area (Å²) in [6, 6.07) is 9.29. The second kappa shape index (κ2) is 4.97. The number of rotatable bonds is 3. The molecule has 3 aromatic rings. The highest BCUT2D eigenvalue weighted by Crippen LogP contribution is 2.12. The van der Waals surface area contributed by atoms with E-state index in [1.165, 1.54) is 4.40 Å². The molecule has 0 saturated heterocycles. The number of H-pyrrole nitrogens is 1. The summed E-state index contributed by atoms with van der Waals surface area (Å²) in [5, 5.41) is 10.2. The molecule has 6 nitrogen and oxygen atoms in total. The summed E-state index contributed by atoms with van der Waals surface area (Å²) in [5.74, 6) is 1.25. The fourth-order valence-corrected chi connectivity index (χ4v) is 2.11. The second-order valence-electron chi connectivity index (χ2n) is 4.39. The third-order valence-electron chi connectivity index (χ3n) is 2.96. The molecule has 0 spiro atoms. The Morgan fingerprint density at radius 1 is 1.35 bits per heavy atom. The lowest BCUT2D eigenvalue weighted by Crippen LogP contribution is -2.14. The molecule has 0 aliphatic carbocycles. The van der Waals surface area contributed by atoms with Gasteiger partial charge in [0, 0.05) is 17.6 Å². The lowest BCUT2D eigenvalue weighted by atomic mass is 10.2. The Balaban J connectivity index is 1.84. The Morgan fingerprint density at radius 3 is 2.85 bits per heavy atom. The van der Waals surface area contributed by atoms with Gasteiger partial charge >= 0.3 is 5.69 Å². The average Bonchev–Trinajstić information content (AvgIpc) is 2.80. The molecule has 0 amide bonds. The number of aromatic amines is 1. The summed E-state index contributed by atoms with van der Waals surface area (Å²) in [7, 11) is 0. The van der Waals surface area contributed by atoms with Gasteiger partial charge in [0.05, 0.1) is 0 Å². The van der Waals surface area contributed by atoms with Crippen LogP contribution in [0.4, 0.5) is 5.82 Å². The summed E-state index contributed by atoms with van der Waals surface area (Å²) < 4.78 is 1.42. The Kier molecular flexibility index (Phi) is 3.15. The number of hydrogen-bond acceptors (Lipinski definition) is 4. The minimum atomic E-state index is -0.283. The molecule has 20 heavy (non-hydrogen) atoms. The van der Waals surface area contributed by atoms with Gasteiger partial charge in [-0.1, -0.05) is 23.7 Å². The van der Waals surface area contributed by atoms with Crippen molar-refractivity contribution in [1.82, 2.24) is 19.6 Å². The number of benzene rings is 1. The van der Waals surface area contributed by atoms with E-state index in [4.69, 9.17) is 11.6 Å². The minimum absolute atomic E-state index is 0.283. The van der Waals surface area contributed by atoms with Gasteiger partial charge in [-0.2, -0.15) is 5.10 Å². The van der Waals surface area contributed by atoms with E-state index in [0.29, 0.717) is 28.9 Å². The van der Waals surface area contributed by atoms with Crippen molar-refractivity contribution in [3.63, 3.8) is 0 Å². The molecule has 7 heteroatoms. The van der Waals surface area contributed by atoms with Gasteiger partial charge in [0.2, 0.25) is 0 Å². The molecule has 0 bridgehead atoms. The summed E-state index contributed by atoms with van der Waals surface area (Å²) in [4.78, 5) is 15.8. The Bertz CT molecular complexity index is 806. The summed E-state index contributed by atoms with van der Waals surface area (Å²) in [6.45, 7) is 2.38. The number of nitrogens with zero attached hydrogens (tertiary/aromatic N) is 3. The highest BCUT2D eigenvalue weighted by molar-refractivity contribution is 6.30. The van der Waals surface area contributed by atoms with E-state index in [2.05, 4.69) is 20.5 Å². The van der Waals surface area contributed by atoms with Gasteiger partial charge < -0.3 is 5.32 Å². The standard InChI is InChI=1S/C13H12ClN5O/c1-8-16-11(6-12-17-18-13(20)19(8)12)15-7-9-2-4-10(14)5-3-9/h2-6,15H,7H2,1H3,(H,18,20). The molecule has 0 unspecified atom stereocenters. The van der Waals surface area contributed by atoms with E-state index in [1.54, 1.807) is 13.0 Å². The first-order valence-electron chi connectivity index (χ1n) is 6.06. The Labute approximate surface area is 119 Å². The van der Waals surface area contributed by atoms with Crippen LogP contribution in [0.3, 0.4) is 0 Å². The normalized spacial score (nSPS) is 10.9. The zero-order valence-corrected chi connectivity index (χ0v) is 11.5. The molecule has 0 atom stereocenters. The first kappa shape index (κ1) is 12.7. The SMILES string of the molecule is Cc1nc(NCc2ccc(Cl)cc2)cc2n[nH]c(=O)n12. The summed E-state index contributed by atoms with van der Waals surface area (Å²) in [5.41, 5.74) is 1.35. The van der Waals surface area contributed by atoms with Gasteiger partial charge in [0.1, 0.15) is 11.6 Å². The molecule has 3 rings (SSSR count). The fourth-order valence-electron chi connectivity index (χ4n) is 1.98. The van der Waals surface area contributed by atoms with Crippen LogP contribution in [-0.4, -0.2) is 19.6 Å². The largest absolute Gasteiger partial charge is 0.366 e. The number of aromatic nitrogens is 4. The Morgan fingerprint density at radius 2 is 2.10 bits per heavy atom. The molecule has 1 aromatic carbocycles. The summed E-state index contributed by atoms with van der Waals surface area (Å²) in [6.07, 6.45) is 0. The molecule has 0 saturated carbocycles. The van der Waals surface area contributed by atoms with E-state index in [0.717, 1.165) is 5.56 Å². The van der Waals surface area contributed by atoms with Crippen LogP contribution in [0.2, 0.25) is 5.02 Å². The maximum absolute atomic E-state index is 11.5. The monoisotopic (exact) mass is 289 g/mol. The van der Waals surface area contributed by atoms with Crippen molar-refractivity contribution in [3.8, 4) is 0 Å². The highest BCUT2D eigenvalue weighted by atomic mass is 35.5. The third kappa shape index (κ3) is 2.37. The minimum Gasteiger partial charge on any atom is -0.366 e. The van der Waals surface area contributed by atoms with Gasteiger partial charge in [-0.15, -0.1) is 0 Å². The Hall–Kier alpha value is -2.34. The number of anilines is 1. The quantitative estimate of drug-likeness (QED) is 0.773. The van der Waals surface area contributed by atoms with Crippen LogP contribution in [0, 0.1) is 6.92 Å². The predicted molar refractivity (Wildman–Crippen MR) is 77.1 cm³/mol. The molecule has 0 aliphatic heterocycles. The molecule has 102 valence electrons. The molecular formula is C13H12ClN5O. The van der Waals surface area contributed by atoms with E-state index < -0.39 is 0 Å². The van der Waals surface area contributed by atoms with Crippen molar-refractivity contribution in [3.05, 3.63) is 57.2 Å². The van der Waals surface area contributed by atoms with Crippen LogP contribution >= 0.6 is 11.6 Å². The van der Waals surface area contributed by atoms with E-state index in [1.807, 2.05) is 24.3 Å². The zero-order chi connectivity index (χ0) is 14.1. The van der Waals surface area contributed by atoms with Crippen LogP contribution in [0.25, 0.3) is 5.65 Å². The number of hydrogen-bond donors (Lipinski definition) is 2. The average molecular weight is 290 g/mol. The molecule has 2 heterocycles.